The molecule has 2 aliphatic rings. The second kappa shape index (κ2) is 8.84. The first-order valence-electron chi connectivity index (χ1n) is 9.71. The highest BCUT2D eigenvalue weighted by Crippen LogP contribution is 2.32. The van der Waals surface area contributed by atoms with Crippen LogP contribution in [0, 0.1) is 5.92 Å². The number of fused-ring (bicyclic) bond motifs is 1. The van der Waals surface area contributed by atoms with Gasteiger partial charge >= 0.3 is 0 Å². The highest BCUT2D eigenvalue weighted by atomic mass is 35.5. The van der Waals surface area contributed by atoms with Gasteiger partial charge in [-0.3, -0.25) is 9.59 Å². The third kappa shape index (κ3) is 4.63. The molecule has 1 amide bonds. The average Bonchev–Trinajstić information content (AvgIpc) is 3.08. The van der Waals surface area contributed by atoms with Crippen molar-refractivity contribution in [2.24, 2.45) is 5.92 Å². The molecule has 0 atom stereocenters. The largest absolute Gasteiger partial charge is 0.312 e. The van der Waals surface area contributed by atoms with E-state index in [1.54, 1.807) is 0 Å². The molecule has 0 aromatic heterocycles. The first-order chi connectivity index (χ1) is 12.2. The molecule has 1 fully saturated rings. The lowest BCUT2D eigenvalue weighted by molar-refractivity contribution is -0.118. The molecule has 0 spiro atoms. The number of alkyl halides is 1. The van der Waals surface area contributed by atoms with Gasteiger partial charge in [0.05, 0.1) is 0 Å². The number of rotatable bonds is 7. The number of nitrogens with zero attached hydrogens (tertiary/aromatic N) is 1. The van der Waals surface area contributed by atoms with Crippen LogP contribution in [0.2, 0.25) is 0 Å². The Morgan fingerprint density at radius 1 is 1.12 bits per heavy atom. The maximum atomic E-state index is 12.7. The van der Waals surface area contributed by atoms with Crippen molar-refractivity contribution in [1.29, 1.82) is 0 Å². The van der Waals surface area contributed by atoms with E-state index in [0.29, 0.717) is 25.1 Å². The number of Topliss-reactive ketones (excluding diaryl/α,β-unsaturated/α-hetero) is 1. The van der Waals surface area contributed by atoms with E-state index < -0.39 is 0 Å². The van der Waals surface area contributed by atoms with E-state index in [9.17, 15) is 9.59 Å². The molecule has 0 bridgehead atoms. The van der Waals surface area contributed by atoms with Crippen LogP contribution < -0.4 is 4.90 Å². The molecule has 0 unspecified atom stereocenters. The summed E-state index contributed by atoms with van der Waals surface area (Å²) in [5.74, 6) is 1.64. The standard InChI is InChI=1S/C21H28ClNO2/c22-13-4-7-20(24)18-9-10-19-17(15-18)12-14-23(19)21(25)11-8-16-5-2-1-3-6-16/h9-10,15-16H,1-8,11-14H2. The van der Waals surface area contributed by atoms with Crippen molar-refractivity contribution in [2.45, 2.75) is 64.2 Å². The van der Waals surface area contributed by atoms with Gasteiger partial charge in [0.15, 0.2) is 5.78 Å². The van der Waals surface area contributed by atoms with Crippen molar-refractivity contribution in [3.63, 3.8) is 0 Å². The average molecular weight is 362 g/mol. The normalized spacial score (nSPS) is 17.6. The minimum atomic E-state index is 0.144. The second-order valence-corrected chi connectivity index (χ2v) is 7.78. The fourth-order valence-electron chi connectivity index (χ4n) is 4.14. The molecule has 136 valence electrons. The Hall–Kier alpha value is -1.35. The topological polar surface area (TPSA) is 37.4 Å². The molecule has 1 aromatic carbocycles. The number of anilines is 1. The van der Waals surface area contributed by atoms with E-state index >= 15 is 0 Å². The van der Waals surface area contributed by atoms with Crippen molar-refractivity contribution < 1.29 is 9.59 Å². The number of benzene rings is 1. The number of hydrogen-bond acceptors (Lipinski definition) is 2. The zero-order valence-corrected chi connectivity index (χ0v) is 15.7. The van der Waals surface area contributed by atoms with Crippen molar-refractivity contribution in [2.75, 3.05) is 17.3 Å². The molecule has 0 radical (unpaired) electrons. The van der Waals surface area contributed by atoms with Crippen LogP contribution in [-0.4, -0.2) is 24.1 Å². The number of carbonyl (C=O) groups excluding carboxylic acids is 2. The summed E-state index contributed by atoms with van der Waals surface area (Å²) in [5.41, 5.74) is 2.88. The van der Waals surface area contributed by atoms with Crippen LogP contribution in [0.5, 0.6) is 0 Å². The van der Waals surface area contributed by atoms with Gasteiger partial charge in [0.25, 0.3) is 0 Å². The van der Waals surface area contributed by atoms with Crippen molar-refractivity contribution in [3.8, 4) is 0 Å². The molecule has 1 aliphatic carbocycles. The molecule has 0 saturated heterocycles. The number of ketones is 1. The summed E-state index contributed by atoms with van der Waals surface area (Å²) in [4.78, 5) is 26.7. The number of halogens is 1. The van der Waals surface area contributed by atoms with Gasteiger partial charge in [-0.15, -0.1) is 11.6 Å². The zero-order chi connectivity index (χ0) is 17.6. The van der Waals surface area contributed by atoms with Gasteiger partial charge in [0.2, 0.25) is 5.91 Å². The SMILES string of the molecule is O=C(CCCCl)c1ccc2c(c1)CCN2C(=O)CCC1CCCCC1. The maximum absolute atomic E-state index is 12.7. The summed E-state index contributed by atoms with van der Waals surface area (Å²) in [7, 11) is 0. The minimum absolute atomic E-state index is 0.144. The van der Waals surface area contributed by atoms with Crippen LogP contribution in [-0.2, 0) is 11.2 Å². The number of amides is 1. The van der Waals surface area contributed by atoms with Crippen LogP contribution in [0.4, 0.5) is 5.69 Å². The quantitative estimate of drug-likeness (QED) is 0.498. The fourth-order valence-corrected chi connectivity index (χ4v) is 4.28. The van der Waals surface area contributed by atoms with E-state index in [0.717, 1.165) is 42.1 Å². The first-order valence-corrected chi connectivity index (χ1v) is 10.2. The van der Waals surface area contributed by atoms with Gasteiger partial charge in [-0.1, -0.05) is 32.1 Å². The molecule has 1 aromatic rings. The van der Waals surface area contributed by atoms with E-state index in [1.165, 1.54) is 32.1 Å². The van der Waals surface area contributed by atoms with Gasteiger partial charge < -0.3 is 4.90 Å². The van der Waals surface area contributed by atoms with Crippen molar-refractivity contribution in [1.82, 2.24) is 0 Å². The van der Waals surface area contributed by atoms with E-state index in [-0.39, 0.29) is 11.7 Å². The Morgan fingerprint density at radius 3 is 2.68 bits per heavy atom. The molecule has 3 rings (SSSR count). The van der Waals surface area contributed by atoms with E-state index in [2.05, 4.69) is 0 Å². The fraction of sp³-hybridized carbons (Fsp3) is 0.619. The Kier molecular flexibility index (Phi) is 6.52. The molecule has 1 saturated carbocycles. The summed E-state index contributed by atoms with van der Waals surface area (Å²) < 4.78 is 0. The molecule has 0 N–H and O–H groups in total. The molecule has 3 nitrogen and oxygen atoms in total. The van der Waals surface area contributed by atoms with E-state index in [4.69, 9.17) is 11.6 Å². The lowest BCUT2D eigenvalue weighted by atomic mass is 9.86. The van der Waals surface area contributed by atoms with Gasteiger partial charge in [-0.05, 0) is 48.9 Å². The highest BCUT2D eigenvalue weighted by Gasteiger charge is 2.26. The third-order valence-electron chi connectivity index (χ3n) is 5.63. The van der Waals surface area contributed by atoms with Crippen molar-refractivity contribution in [3.05, 3.63) is 29.3 Å². The van der Waals surface area contributed by atoms with Gasteiger partial charge in [0, 0.05) is 36.5 Å². The molecule has 25 heavy (non-hydrogen) atoms. The van der Waals surface area contributed by atoms with Gasteiger partial charge in [-0.25, -0.2) is 0 Å². The summed E-state index contributed by atoms with van der Waals surface area (Å²) >= 11 is 5.67. The van der Waals surface area contributed by atoms with Gasteiger partial charge in [0.1, 0.15) is 0 Å². The highest BCUT2D eigenvalue weighted by molar-refractivity contribution is 6.18. The molecular formula is C21H28ClNO2. The van der Waals surface area contributed by atoms with Gasteiger partial charge in [-0.2, -0.15) is 0 Å². The van der Waals surface area contributed by atoms with Crippen LogP contribution in [0.15, 0.2) is 18.2 Å². The zero-order valence-electron chi connectivity index (χ0n) is 14.9. The first kappa shape index (κ1) is 18.4. The van der Waals surface area contributed by atoms with Crippen LogP contribution in [0.25, 0.3) is 0 Å². The lowest BCUT2D eigenvalue weighted by Crippen LogP contribution is -2.29. The lowest BCUT2D eigenvalue weighted by Gasteiger charge is -2.23. The van der Waals surface area contributed by atoms with Crippen LogP contribution >= 0.6 is 11.6 Å². The molecule has 4 heteroatoms. The smallest absolute Gasteiger partial charge is 0.227 e. The summed E-state index contributed by atoms with van der Waals surface area (Å²) in [6.45, 7) is 0.748. The minimum Gasteiger partial charge on any atom is -0.312 e. The van der Waals surface area contributed by atoms with E-state index in [1.807, 2.05) is 23.1 Å². The summed E-state index contributed by atoms with van der Waals surface area (Å²) in [5, 5.41) is 0. The Morgan fingerprint density at radius 2 is 1.92 bits per heavy atom. The Balaban J connectivity index is 1.59. The maximum Gasteiger partial charge on any atom is 0.227 e. The number of hydrogen-bond donors (Lipinski definition) is 0. The molecule has 1 heterocycles. The Bertz CT molecular complexity index is 622. The molecular weight excluding hydrogens is 334 g/mol. The van der Waals surface area contributed by atoms with Crippen LogP contribution in [0.3, 0.4) is 0 Å². The Labute approximate surface area is 155 Å². The second-order valence-electron chi connectivity index (χ2n) is 7.40. The predicted molar refractivity (Wildman–Crippen MR) is 103 cm³/mol. The predicted octanol–water partition coefficient (Wildman–Crippen LogP) is 5.14. The third-order valence-corrected chi connectivity index (χ3v) is 5.89. The summed E-state index contributed by atoms with van der Waals surface area (Å²) in [6.07, 6.45) is 10.3. The molecule has 1 aliphatic heterocycles. The summed E-state index contributed by atoms with van der Waals surface area (Å²) in [6, 6.07) is 5.79. The monoisotopic (exact) mass is 361 g/mol. The van der Waals surface area contributed by atoms with Crippen LogP contribution in [0.1, 0.15) is 73.7 Å². The number of carbonyl (C=O) groups is 2. The van der Waals surface area contributed by atoms with Crippen molar-refractivity contribution >= 4 is 29.0 Å².